The van der Waals surface area contributed by atoms with Crippen LogP contribution >= 0.6 is 27.7 Å². The molecule has 1 aromatic rings. The number of thioether (sulfide) groups is 1. The molecule has 0 atom stereocenters. The maximum atomic E-state index is 8.81. The number of aliphatic hydroxyl groups excluding tert-OH is 1. The molecule has 0 aliphatic carbocycles. The van der Waals surface area contributed by atoms with Crippen LogP contribution in [-0.4, -0.2) is 11.7 Å². The molecule has 0 spiro atoms. The Hall–Kier alpha value is -0.510. The maximum absolute atomic E-state index is 8.81. The lowest BCUT2D eigenvalue weighted by molar-refractivity contribution is 0.340. The van der Waals surface area contributed by atoms with E-state index in [1.807, 2.05) is 24.3 Å². The molecule has 1 N–H and O–H groups in total. The van der Waals surface area contributed by atoms with Gasteiger partial charge in [0.15, 0.2) is 0 Å². The van der Waals surface area contributed by atoms with E-state index in [9.17, 15) is 0 Å². The molecular formula is C11H11BrOS. The molecule has 74 valence electrons. The molecule has 0 saturated carbocycles. The maximum Gasteiger partial charge on any atom is 0.0738 e. The van der Waals surface area contributed by atoms with Crippen LogP contribution in [0.5, 0.6) is 0 Å². The van der Waals surface area contributed by atoms with Gasteiger partial charge in [-0.05, 0) is 17.7 Å². The Labute approximate surface area is 96.7 Å². The van der Waals surface area contributed by atoms with Gasteiger partial charge in [0.05, 0.1) is 6.61 Å². The molecule has 3 heteroatoms. The van der Waals surface area contributed by atoms with Crippen molar-refractivity contribution < 1.29 is 5.11 Å². The predicted octanol–water partition coefficient (Wildman–Crippen LogP) is 3.66. The molecule has 14 heavy (non-hydrogen) atoms. The molecule has 0 bridgehead atoms. The highest BCUT2D eigenvalue weighted by atomic mass is 79.9. The topological polar surface area (TPSA) is 20.2 Å². The smallest absolute Gasteiger partial charge is 0.0738 e. The minimum Gasteiger partial charge on any atom is -0.391 e. The summed E-state index contributed by atoms with van der Waals surface area (Å²) in [5.41, 5.74) is 1.05. The number of hydrogen-bond donors (Lipinski definition) is 1. The second kappa shape index (κ2) is 5.39. The third-order valence-corrected chi connectivity index (χ3v) is 3.04. The van der Waals surface area contributed by atoms with E-state index in [2.05, 4.69) is 29.1 Å². The van der Waals surface area contributed by atoms with Gasteiger partial charge in [-0.15, -0.1) is 0 Å². The van der Waals surface area contributed by atoms with Crippen LogP contribution in [0.3, 0.4) is 0 Å². The second-order valence-corrected chi connectivity index (χ2v) is 4.92. The molecule has 0 amide bonds. The fourth-order valence-corrected chi connectivity index (χ4v) is 1.83. The Morgan fingerprint density at radius 3 is 2.36 bits per heavy atom. The lowest BCUT2D eigenvalue weighted by Gasteiger charge is -2.05. The van der Waals surface area contributed by atoms with Gasteiger partial charge >= 0.3 is 0 Å². The molecule has 0 heterocycles. The second-order valence-electron chi connectivity index (χ2n) is 2.73. The molecule has 0 saturated heterocycles. The van der Waals surface area contributed by atoms with E-state index in [1.54, 1.807) is 0 Å². The van der Waals surface area contributed by atoms with Crippen LogP contribution < -0.4 is 0 Å². The number of benzene rings is 1. The van der Waals surface area contributed by atoms with Crippen LogP contribution in [0.25, 0.3) is 4.91 Å². The van der Waals surface area contributed by atoms with Crippen molar-refractivity contribution in [1.82, 2.24) is 0 Å². The van der Waals surface area contributed by atoms with Crippen LogP contribution in [0.1, 0.15) is 5.56 Å². The molecule has 0 unspecified atom stereocenters. The summed E-state index contributed by atoms with van der Waals surface area (Å²) < 4.78 is 1.04. The highest BCUT2D eigenvalue weighted by molar-refractivity contribution is 9.10. The van der Waals surface area contributed by atoms with Crippen molar-refractivity contribution in [2.24, 2.45) is 0 Å². The minimum absolute atomic E-state index is 0.0137. The van der Waals surface area contributed by atoms with Gasteiger partial charge < -0.3 is 5.11 Å². The molecule has 0 aliphatic heterocycles. The first-order valence-corrected chi connectivity index (χ1v) is 5.65. The quantitative estimate of drug-likeness (QED) is 0.901. The van der Waals surface area contributed by atoms with Crippen molar-refractivity contribution in [3.8, 4) is 0 Å². The Bertz CT molecular complexity index is 343. The standard InChI is InChI=1S/C11H11BrOS/c1-8(7-13)14-9(2)10-3-5-11(12)6-4-10/h3-6,13H,1-2,7H2. The van der Waals surface area contributed by atoms with Gasteiger partial charge in [0.1, 0.15) is 0 Å². The van der Waals surface area contributed by atoms with E-state index in [0.717, 1.165) is 14.9 Å². The van der Waals surface area contributed by atoms with Crippen molar-refractivity contribution in [3.63, 3.8) is 0 Å². The van der Waals surface area contributed by atoms with Gasteiger partial charge in [-0.25, -0.2) is 0 Å². The van der Waals surface area contributed by atoms with E-state index in [1.165, 1.54) is 11.8 Å². The van der Waals surface area contributed by atoms with E-state index >= 15 is 0 Å². The van der Waals surface area contributed by atoms with Gasteiger partial charge in [0, 0.05) is 14.3 Å². The first kappa shape index (κ1) is 11.6. The SMILES string of the molecule is C=C(CO)SC(=C)c1ccc(Br)cc1. The van der Waals surface area contributed by atoms with E-state index in [-0.39, 0.29) is 6.61 Å². The van der Waals surface area contributed by atoms with Crippen LogP contribution in [0, 0.1) is 0 Å². The van der Waals surface area contributed by atoms with Crippen molar-refractivity contribution in [1.29, 1.82) is 0 Å². The number of hydrogen-bond acceptors (Lipinski definition) is 2. The van der Waals surface area contributed by atoms with Gasteiger partial charge in [-0.2, -0.15) is 0 Å². The largest absolute Gasteiger partial charge is 0.391 e. The molecular weight excluding hydrogens is 260 g/mol. The van der Waals surface area contributed by atoms with E-state index in [4.69, 9.17) is 5.11 Å². The van der Waals surface area contributed by atoms with Gasteiger partial charge in [-0.1, -0.05) is 53.0 Å². The van der Waals surface area contributed by atoms with Crippen LogP contribution in [0.2, 0.25) is 0 Å². The zero-order valence-electron chi connectivity index (χ0n) is 7.66. The average Bonchev–Trinajstić information content (AvgIpc) is 2.18. The van der Waals surface area contributed by atoms with Crippen molar-refractivity contribution in [2.45, 2.75) is 0 Å². The number of halogens is 1. The summed E-state index contributed by atoms with van der Waals surface area (Å²) in [6.07, 6.45) is 0. The Kier molecular flexibility index (Phi) is 4.45. The normalized spacial score (nSPS) is 9.86. The summed E-state index contributed by atoms with van der Waals surface area (Å²) in [5.74, 6) is 0. The third kappa shape index (κ3) is 3.33. The average molecular weight is 271 g/mol. The van der Waals surface area contributed by atoms with Crippen LogP contribution in [0.15, 0.2) is 46.8 Å². The Morgan fingerprint density at radius 2 is 1.86 bits per heavy atom. The summed E-state index contributed by atoms with van der Waals surface area (Å²) in [6.45, 7) is 7.60. The van der Waals surface area contributed by atoms with E-state index in [0.29, 0.717) is 4.91 Å². The summed E-state index contributed by atoms with van der Waals surface area (Å²) in [5, 5.41) is 8.81. The lowest BCUT2D eigenvalue weighted by atomic mass is 10.2. The van der Waals surface area contributed by atoms with Crippen molar-refractivity contribution in [2.75, 3.05) is 6.61 Å². The predicted molar refractivity (Wildman–Crippen MR) is 67.0 cm³/mol. The zero-order chi connectivity index (χ0) is 10.6. The molecule has 1 nitrogen and oxygen atoms in total. The first-order chi connectivity index (χ1) is 6.63. The third-order valence-electron chi connectivity index (χ3n) is 1.61. The van der Waals surface area contributed by atoms with Crippen molar-refractivity contribution >= 4 is 32.6 Å². The lowest BCUT2D eigenvalue weighted by Crippen LogP contribution is -1.84. The van der Waals surface area contributed by atoms with E-state index < -0.39 is 0 Å². The monoisotopic (exact) mass is 270 g/mol. The summed E-state index contributed by atoms with van der Waals surface area (Å²) in [7, 11) is 0. The molecule has 1 aromatic carbocycles. The number of aliphatic hydroxyl groups is 1. The van der Waals surface area contributed by atoms with Crippen molar-refractivity contribution in [3.05, 3.63) is 52.4 Å². The summed E-state index contributed by atoms with van der Waals surface area (Å²) >= 11 is 4.77. The van der Waals surface area contributed by atoms with Gasteiger partial charge in [0.25, 0.3) is 0 Å². The number of rotatable bonds is 4. The van der Waals surface area contributed by atoms with Gasteiger partial charge in [-0.3, -0.25) is 0 Å². The summed E-state index contributed by atoms with van der Waals surface area (Å²) in [4.78, 5) is 1.61. The zero-order valence-corrected chi connectivity index (χ0v) is 10.1. The Morgan fingerprint density at radius 1 is 1.29 bits per heavy atom. The molecule has 0 radical (unpaired) electrons. The first-order valence-electron chi connectivity index (χ1n) is 4.05. The highest BCUT2D eigenvalue weighted by Gasteiger charge is 2.01. The van der Waals surface area contributed by atoms with Crippen LogP contribution in [-0.2, 0) is 0 Å². The molecule has 1 rings (SSSR count). The summed E-state index contributed by atoms with van der Waals surface area (Å²) in [6, 6.07) is 7.87. The Balaban J connectivity index is 2.70. The molecule has 0 aliphatic rings. The van der Waals surface area contributed by atoms with Crippen LogP contribution in [0.4, 0.5) is 0 Å². The molecule has 0 aromatic heterocycles. The molecule has 0 fully saturated rings. The minimum atomic E-state index is -0.0137. The van der Waals surface area contributed by atoms with Gasteiger partial charge in [0.2, 0.25) is 0 Å². The fourth-order valence-electron chi connectivity index (χ4n) is 0.901. The fraction of sp³-hybridized carbons (Fsp3) is 0.0909. The highest BCUT2D eigenvalue weighted by Crippen LogP contribution is 2.31.